The number of urea groups is 1. The van der Waals surface area contributed by atoms with E-state index in [0.717, 1.165) is 19.3 Å². The molecule has 24 heavy (non-hydrogen) atoms. The molecule has 128 valence electrons. The van der Waals surface area contributed by atoms with Crippen LogP contribution in [0.1, 0.15) is 42.5 Å². The van der Waals surface area contributed by atoms with Gasteiger partial charge >= 0.3 is 6.03 Å². The third-order valence-electron chi connectivity index (χ3n) is 5.16. The van der Waals surface area contributed by atoms with Gasteiger partial charge in [0.25, 0.3) is 11.8 Å². The maximum absolute atomic E-state index is 13.1. The number of carbonyl (C=O) groups is 3. The Morgan fingerprint density at radius 3 is 2.42 bits per heavy atom. The molecule has 1 spiro atoms. The Labute approximate surface area is 142 Å². The van der Waals surface area contributed by atoms with Crippen LogP contribution in [0.3, 0.4) is 0 Å². The van der Waals surface area contributed by atoms with Gasteiger partial charge in [-0.2, -0.15) is 0 Å². The fourth-order valence-electron chi connectivity index (χ4n) is 3.72. The van der Waals surface area contributed by atoms with Crippen molar-refractivity contribution < 1.29 is 14.4 Å². The van der Waals surface area contributed by atoms with Crippen LogP contribution in [0.25, 0.3) is 0 Å². The van der Waals surface area contributed by atoms with Crippen molar-refractivity contribution in [2.45, 2.75) is 37.6 Å². The minimum absolute atomic E-state index is 0.156. The number of hydrogen-bond donors (Lipinski definition) is 0. The molecule has 1 heterocycles. The van der Waals surface area contributed by atoms with Crippen molar-refractivity contribution >= 4 is 23.5 Å². The summed E-state index contributed by atoms with van der Waals surface area (Å²) >= 11 is 0. The molecule has 0 radical (unpaired) electrons. The predicted octanol–water partition coefficient (Wildman–Crippen LogP) is 2.49. The summed E-state index contributed by atoms with van der Waals surface area (Å²) in [6.45, 7) is 0. The van der Waals surface area contributed by atoms with Gasteiger partial charge in [0, 0.05) is 26.7 Å². The Kier molecular flexibility index (Phi) is 4.07. The number of rotatable bonds is 2. The molecule has 2 fully saturated rings. The van der Waals surface area contributed by atoms with Gasteiger partial charge in [0.15, 0.2) is 0 Å². The third-order valence-corrected chi connectivity index (χ3v) is 5.16. The quantitative estimate of drug-likeness (QED) is 0.783. The maximum Gasteiger partial charge on any atom is 0.332 e. The van der Waals surface area contributed by atoms with Crippen LogP contribution >= 0.6 is 0 Å². The number of hydrogen-bond acceptors (Lipinski definition) is 3. The first kappa shape index (κ1) is 16.5. The zero-order chi connectivity index (χ0) is 17.5. The van der Waals surface area contributed by atoms with Gasteiger partial charge in [-0.25, -0.2) is 9.69 Å². The summed E-state index contributed by atoms with van der Waals surface area (Å²) in [6.07, 6.45) is 4.43. The molecule has 1 aliphatic carbocycles. The summed E-state index contributed by atoms with van der Waals surface area (Å²) in [6, 6.07) is 6.41. The monoisotopic (exact) mass is 329 g/mol. The van der Waals surface area contributed by atoms with E-state index >= 15 is 0 Å². The minimum atomic E-state index is -0.711. The van der Waals surface area contributed by atoms with Crippen LogP contribution in [0.4, 0.5) is 10.5 Å². The van der Waals surface area contributed by atoms with Crippen LogP contribution in [-0.4, -0.2) is 54.3 Å². The highest BCUT2D eigenvalue weighted by Gasteiger charge is 2.56. The second-order valence-corrected chi connectivity index (χ2v) is 6.82. The van der Waals surface area contributed by atoms with E-state index in [-0.39, 0.29) is 17.8 Å². The van der Waals surface area contributed by atoms with Crippen molar-refractivity contribution in [1.82, 2.24) is 9.80 Å². The Hall–Kier alpha value is -2.37. The van der Waals surface area contributed by atoms with Crippen molar-refractivity contribution in [3.05, 3.63) is 29.8 Å². The van der Waals surface area contributed by atoms with E-state index in [1.165, 1.54) is 9.80 Å². The summed E-state index contributed by atoms with van der Waals surface area (Å²) in [5, 5.41) is 0. The second kappa shape index (κ2) is 5.92. The van der Waals surface area contributed by atoms with Gasteiger partial charge in [-0.15, -0.1) is 0 Å². The molecular formula is C18H23N3O3. The summed E-state index contributed by atoms with van der Waals surface area (Å²) in [7, 11) is 5.05. The predicted molar refractivity (Wildman–Crippen MR) is 90.9 cm³/mol. The Balaban J connectivity index is 1.98. The average molecular weight is 329 g/mol. The molecule has 2 aliphatic rings. The maximum atomic E-state index is 13.1. The van der Waals surface area contributed by atoms with Crippen LogP contribution in [0.15, 0.2) is 24.3 Å². The van der Waals surface area contributed by atoms with Gasteiger partial charge in [-0.1, -0.05) is 25.3 Å². The Morgan fingerprint density at radius 1 is 1.12 bits per heavy atom. The molecule has 0 bridgehead atoms. The van der Waals surface area contributed by atoms with E-state index in [1.54, 1.807) is 50.3 Å². The molecule has 6 nitrogen and oxygen atoms in total. The molecule has 0 unspecified atom stereocenters. The number of nitrogens with zero attached hydrogens (tertiary/aromatic N) is 3. The first-order valence-corrected chi connectivity index (χ1v) is 8.32. The molecule has 3 rings (SSSR count). The number of anilines is 1. The van der Waals surface area contributed by atoms with Crippen LogP contribution in [-0.2, 0) is 4.79 Å². The smallest absolute Gasteiger partial charge is 0.332 e. The van der Waals surface area contributed by atoms with Gasteiger partial charge in [0.2, 0.25) is 0 Å². The highest BCUT2D eigenvalue weighted by Crippen LogP contribution is 2.41. The number of benzene rings is 1. The van der Waals surface area contributed by atoms with E-state index in [0.29, 0.717) is 24.1 Å². The highest BCUT2D eigenvalue weighted by molar-refractivity contribution is 6.23. The lowest BCUT2D eigenvalue weighted by Crippen LogP contribution is -2.49. The summed E-state index contributed by atoms with van der Waals surface area (Å²) in [5.74, 6) is -0.319. The van der Waals surface area contributed by atoms with E-state index in [9.17, 15) is 14.4 Å². The molecule has 1 aromatic carbocycles. The average Bonchev–Trinajstić information content (AvgIpc) is 2.76. The molecule has 0 aromatic heterocycles. The van der Waals surface area contributed by atoms with Gasteiger partial charge < -0.3 is 9.80 Å². The van der Waals surface area contributed by atoms with Gasteiger partial charge in [0.05, 0.1) is 5.69 Å². The van der Waals surface area contributed by atoms with Crippen LogP contribution < -0.4 is 4.90 Å². The van der Waals surface area contributed by atoms with Gasteiger partial charge in [-0.3, -0.25) is 9.59 Å². The van der Waals surface area contributed by atoms with Crippen LogP contribution in [0, 0.1) is 0 Å². The van der Waals surface area contributed by atoms with E-state index in [1.807, 2.05) is 0 Å². The molecule has 1 saturated carbocycles. The number of amides is 4. The lowest BCUT2D eigenvalue weighted by Gasteiger charge is -2.35. The van der Waals surface area contributed by atoms with Gasteiger partial charge in [0.1, 0.15) is 5.54 Å². The molecule has 6 heteroatoms. The van der Waals surface area contributed by atoms with Crippen molar-refractivity contribution in [2.75, 3.05) is 26.0 Å². The topological polar surface area (TPSA) is 60.9 Å². The molecule has 1 saturated heterocycles. The van der Waals surface area contributed by atoms with Crippen molar-refractivity contribution in [3.63, 3.8) is 0 Å². The molecule has 1 aliphatic heterocycles. The molecule has 0 N–H and O–H groups in total. The van der Waals surface area contributed by atoms with Crippen molar-refractivity contribution in [1.29, 1.82) is 0 Å². The normalized spacial score (nSPS) is 20.0. The fraction of sp³-hybridized carbons (Fsp3) is 0.500. The fourth-order valence-corrected chi connectivity index (χ4v) is 3.72. The Bertz CT molecular complexity index is 693. The number of imide groups is 1. The molecule has 1 aromatic rings. The van der Waals surface area contributed by atoms with Crippen LogP contribution in [0.5, 0.6) is 0 Å². The second-order valence-electron chi connectivity index (χ2n) is 6.82. The minimum Gasteiger partial charge on any atom is -0.345 e. The summed E-state index contributed by atoms with van der Waals surface area (Å²) in [5.41, 5.74) is 0.217. The van der Waals surface area contributed by atoms with Crippen molar-refractivity contribution in [2.24, 2.45) is 0 Å². The molecule has 4 amide bonds. The third kappa shape index (κ3) is 2.37. The van der Waals surface area contributed by atoms with E-state index < -0.39 is 5.54 Å². The van der Waals surface area contributed by atoms with E-state index in [4.69, 9.17) is 0 Å². The standard InChI is InChI=1S/C18H23N3O3/c1-19(2)15(22)13-8-7-9-14(12-13)21-16(23)18(20(3)17(21)24)10-5-4-6-11-18/h7-9,12H,4-6,10-11H2,1-3H3. The number of carbonyl (C=O) groups excluding carboxylic acids is 3. The lowest BCUT2D eigenvalue weighted by molar-refractivity contribution is -0.126. The molecule has 0 atom stereocenters. The van der Waals surface area contributed by atoms with Gasteiger partial charge in [-0.05, 0) is 31.0 Å². The highest BCUT2D eigenvalue weighted by atomic mass is 16.2. The zero-order valence-electron chi connectivity index (χ0n) is 14.4. The number of likely N-dealkylation sites (N-methyl/N-ethyl adjacent to an activating group) is 1. The van der Waals surface area contributed by atoms with E-state index in [2.05, 4.69) is 0 Å². The summed E-state index contributed by atoms with van der Waals surface area (Å²) < 4.78 is 0. The molecular weight excluding hydrogens is 306 g/mol. The zero-order valence-corrected chi connectivity index (χ0v) is 14.4. The first-order chi connectivity index (χ1) is 11.4. The largest absolute Gasteiger partial charge is 0.345 e. The lowest BCUT2D eigenvalue weighted by atomic mass is 9.80. The van der Waals surface area contributed by atoms with Crippen LogP contribution in [0.2, 0.25) is 0 Å². The van der Waals surface area contributed by atoms with Crippen molar-refractivity contribution in [3.8, 4) is 0 Å². The first-order valence-electron chi connectivity index (χ1n) is 8.32. The summed E-state index contributed by atoms with van der Waals surface area (Å²) in [4.78, 5) is 42.3. The Morgan fingerprint density at radius 2 is 1.79 bits per heavy atom. The SMILES string of the molecule is CN(C)C(=O)c1cccc(N2C(=O)N(C)C3(CCCCC3)C2=O)c1.